The molecular weight excluding hydrogens is 401 g/mol. The van der Waals surface area contributed by atoms with Gasteiger partial charge < -0.3 is 10.1 Å². The number of nitrogens with one attached hydrogen (secondary N) is 1. The summed E-state index contributed by atoms with van der Waals surface area (Å²) in [5.74, 6) is 0.887. The number of aryl methyl sites for hydroxylation is 1. The predicted molar refractivity (Wildman–Crippen MR) is 102 cm³/mol. The standard InChI is InChI=1S/C19H22INO2/c1-14(2)23-18-11-5-15(6-12-18)4-3-13-21-19(22)16-7-9-17(20)10-8-16/h5-12,14H,3-4,13H2,1-2H3,(H,21,22). The molecule has 0 saturated heterocycles. The summed E-state index contributed by atoms with van der Waals surface area (Å²) in [5, 5.41) is 2.96. The van der Waals surface area contributed by atoms with E-state index in [1.165, 1.54) is 5.56 Å². The lowest BCUT2D eigenvalue weighted by Crippen LogP contribution is -2.24. The molecule has 2 aromatic rings. The summed E-state index contributed by atoms with van der Waals surface area (Å²) in [4.78, 5) is 12.0. The minimum Gasteiger partial charge on any atom is -0.491 e. The van der Waals surface area contributed by atoms with Gasteiger partial charge in [0, 0.05) is 15.7 Å². The van der Waals surface area contributed by atoms with Gasteiger partial charge in [0.25, 0.3) is 5.91 Å². The molecule has 23 heavy (non-hydrogen) atoms. The highest BCUT2D eigenvalue weighted by atomic mass is 127. The van der Waals surface area contributed by atoms with Gasteiger partial charge in [-0.1, -0.05) is 12.1 Å². The van der Waals surface area contributed by atoms with Crippen LogP contribution in [0.5, 0.6) is 5.75 Å². The minimum absolute atomic E-state index is 0.0120. The van der Waals surface area contributed by atoms with Crippen molar-refractivity contribution in [2.75, 3.05) is 6.54 Å². The number of ether oxygens (including phenoxy) is 1. The second kappa shape index (κ2) is 8.91. The van der Waals surface area contributed by atoms with Crippen molar-refractivity contribution >= 4 is 28.5 Å². The Morgan fingerprint density at radius 3 is 2.35 bits per heavy atom. The molecule has 2 rings (SSSR count). The Morgan fingerprint density at radius 2 is 1.74 bits per heavy atom. The van der Waals surface area contributed by atoms with Crippen molar-refractivity contribution < 1.29 is 9.53 Å². The van der Waals surface area contributed by atoms with Gasteiger partial charge in [-0.3, -0.25) is 4.79 Å². The second-order valence-corrected chi connectivity index (χ2v) is 6.92. The van der Waals surface area contributed by atoms with E-state index in [1.807, 2.05) is 50.2 Å². The van der Waals surface area contributed by atoms with E-state index < -0.39 is 0 Å². The molecule has 3 nitrogen and oxygen atoms in total. The maximum absolute atomic E-state index is 12.0. The van der Waals surface area contributed by atoms with Crippen LogP contribution < -0.4 is 10.1 Å². The van der Waals surface area contributed by atoms with Crippen molar-refractivity contribution in [1.82, 2.24) is 5.32 Å². The lowest BCUT2D eigenvalue weighted by molar-refractivity contribution is 0.0953. The van der Waals surface area contributed by atoms with Gasteiger partial charge in [0.2, 0.25) is 0 Å². The van der Waals surface area contributed by atoms with E-state index in [4.69, 9.17) is 4.74 Å². The lowest BCUT2D eigenvalue weighted by Gasteiger charge is -2.10. The Kier molecular flexibility index (Phi) is 6.89. The summed E-state index contributed by atoms with van der Waals surface area (Å²) in [5.41, 5.74) is 1.96. The zero-order chi connectivity index (χ0) is 16.7. The molecule has 0 aromatic heterocycles. The SMILES string of the molecule is CC(C)Oc1ccc(CCCNC(=O)c2ccc(I)cc2)cc1. The van der Waals surface area contributed by atoms with Crippen LogP contribution in [0.4, 0.5) is 0 Å². The molecule has 0 heterocycles. The first kappa shape index (κ1) is 17.8. The van der Waals surface area contributed by atoms with E-state index in [-0.39, 0.29) is 12.0 Å². The molecule has 0 aliphatic rings. The number of benzene rings is 2. The van der Waals surface area contributed by atoms with E-state index in [2.05, 4.69) is 40.0 Å². The minimum atomic E-state index is -0.0120. The molecule has 1 N–H and O–H groups in total. The largest absolute Gasteiger partial charge is 0.491 e. The molecule has 0 atom stereocenters. The van der Waals surface area contributed by atoms with Gasteiger partial charge in [0.15, 0.2) is 0 Å². The van der Waals surface area contributed by atoms with Gasteiger partial charge in [-0.25, -0.2) is 0 Å². The average Bonchev–Trinajstić information content (AvgIpc) is 2.53. The number of carbonyl (C=O) groups is 1. The summed E-state index contributed by atoms with van der Waals surface area (Å²) >= 11 is 2.23. The first-order chi connectivity index (χ1) is 11.0. The van der Waals surface area contributed by atoms with Crippen LogP contribution in [0.2, 0.25) is 0 Å². The van der Waals surface area contributed by atoms with Gasteiger partial charge in [-0.05, 0) is 91.2 Å². The Morgan fingerprint density at radius 1 is 1.09 bits per heavy atom. The highest BCUT2D eigenvalue weighted by molar-refractivity contribution is 14.1. The van der Waals surface area contributed by atoms with Crippen LogP contribution in [0.25, 0.3) is 0 Å². The first-order valence-corrected chi connectivity index (χ1v) is 8.92. The molecule has 0 saturated carbocycles. The van der Waals surface area contributed by atoms with Crippen LogP contribution in [0.15, 0.2) is 48.5 Å². The van der Waals surface area contributed by atoms with E-state index in [1.54, 1.807) is 0 Å². The fourth-order valence-corrected chi connectivity index (χ4v) is 2.56. The molecule has 2 aromatic carbocycles. The van der Waals surface area contributed by atoms with Crippen LogP contribution in [-0.2, 0) is 6.42 Å². The predicted octanol–water partition coefficient (Wildman–Crippen LogP) is 4.44. The number of hydrogen-bond donors (Lipinski definition) is 1. The molecule has 0 radical (unpaired) electrons. The molecule has 0 unspecified atom stereocenters. The molecular formula is C19H22INO2. The molecule has 122 valence electrons. The zero-order valence-electron chi connectivity index (χ0n) is 13.5. The quantitative estimate of drug-likeness (QED) is 0.528. The number of hydrogen-bond acceptors (Lipinski definition) is 2. The van der Waals surface area contributed by atoms with Crippen LogP contribution in [0.3, 0.4) is 0 Å². The molecule has 0 aliphatic heterocycles. The fraction of sp³-hybridized carbons (Fsp3) is 0.316. The third-order valence-corrected chi connectivity index (χ3v) is 4.05. The van der Waals surface area contributed by atoms with Gasteiger partial charge >= 0.3 is 0 Å². The summed E-state index contributed by atoms with van der Waals surface area (Å²) in [7, 11) is 0. The summed E-state index contributed by atoms with van der Waals surface area (Å²) in [6.07, 6.45) is 2.05. The Bertz CT molecular complexity index is 621. The molecule has 0 bridgehead atoms. The van der Waals surface area contributed by atoms with Crippen LogP contribution in [0, 0.1) is 3.57 Å². The smallest absolute Gasteiger partial charge is 0.251 e. The van der Waals surface area contributed by atoms with Crippen molar-refractivity contribution in [3.05, 3.63) is 63.2 Å². The molecule has 0 aliphatic carbocycles. The van der Waals surface area contributed by atoms with Crippen LogP contribution >= 0.6 is 22.6 Å². The van der Waals surface area contributed by atoms with Gasteiger partial charge in [-0.15, -0.1) is 0 Å². The van der Waals surface area contributed by atoms with E-state index in [0.717, 1.165) is 22.2 Å². The lowest BCUT2D eigenvalue weighted by atomic mass is 10.1. The van der Waals surface area contributed by atoms with E-state index in [9.17, 15) is 4.79 Å². The first-order valence-electron chi connectivity index (χ1n) is 7.84. The number of amides is 1. The Hall–Kier alpha value is -1.56. The molecule has 0 spiro atoms. The fourth-order valence-electron chi connectivity index (χ4n) is 2.20. The van der Waals surface area contributed by atoms with Gasteiger partial charge in [0.05, 0.1) is 6.10 Å². The van der Waals surface area contributed by atoms with Crippen molar-refractivity contribution in [2.45, 2.75) is 32.8 Å². The van der Waals surface area contributed by atoms with Crippen molar-refractivity contribution in [1.29, 1.82) is 0 Å². The zero-order valence-corrected chi connectivity index (χ0v) is 15.7. The van der Waals surface area contributed by atoms with Crippen LogP contribution in [-0.4, -0.2) is 18.6 Å². The maximum atomic E-state index is 12.0. The monoisotopic (exact) mass is 423 g/mol. The molecule has 4 heteroatoms. The Balaban J connectivity index is 1.72. The maximum Gasteiger partial charge on any atom is 0.251 e. The van der Waals surface area contributed by atoms with Gasteiger partial charge in [0.1, 0.15) is 5.75 Å². The van der Waals surface area contributed by atoms with Crippen molar-refractivity contribution in [2.24, 2.45) is 0 Å². The second-order valence-electron chi connectivity index (χ2n) is 5.68. The summed E-state index contributed by atoms with van der Waals surface area (Å²) < 4.78 is 6.75. The summed E-state index contributed by atoms with van der Waals surface area (Å²) in [6, 6.07) is 15.7. The van der Waals surface area contributed by atoms with E-state index in [0.29, 0.717) is 12.1 Å². The van der Waals surface area contributed by atoms with Crippen molar-refractivity contribution in [3.8, 4) is 5.75 Å². The third-order valence-electron chi connectivity index (χ3n) is 3.33. The molecule has 1 amide bonds. The normalized spacial score (nSPS) is 10.6. The number of halogens is 1. The summed E-state index contributed by atoms with van der Waals surface area (Å²) in [6.45, 7) is 4.71. The third kappa shape index (κ3) is 6.22. The number of carbonyl (C=O) groups excluding carboxylic acids is 1. The van der Waals surface area contributed by atoms with Gasteiger partial charge in [-0.2, -0.15) is 0 Å². The highest BCUT2D eigenvalue weighted by Gasteiger charge is 2.04. The average molecular weight is 423 g/mol. The molecule has 0 fully saturated rings. The van der Waals surface area contributed by atoms with Crippen molar-refractivity contribution in [3.63, 3.8) is 0 Å². The van der Waals surface area contributed by atoms with E-state index >= 15 is 0 Å². The topological polar surface area (TPSA) is 38.3 Å². The highest BCUT2D eigenvalue weighted by Crippen LogP contribution is 2.14. The van der Waals surface area contributed by atoms with Crippen LogP contribution in [0.1, 0.15) is 36.2 Å². The Labute approximate surface area is 151 Å². The number of rotatable bonds is 7.